The topological polar surface area (TPSA) is 140 Å². The molecular weight excluding hydrogens is 711 g/mol. The van der Waals surface area contributed by atoms with E-state index < -0.39 is 51.9 Å². The Morgan fingerprint density at radius 1 is 0.962 bits per heavy atom. The average Bonchev–Trinajstić information content (AvgIpc) is 3.54. The lowest BCUT2D eigenvalue weighted by Crippen LogP contribution is -2.40. The summed E-state index contributed by atoms with van der Waals surface area (Å²) in [6.45, 7) is 4.48. The number of anilines is 2. The SMILES string of the molecule is CC(C)(CN1CCCCCC(F)(F)c2ccccc2-c2nc(ccc2-n2ccc(OCC(C)(C)C(F)(F)F)n2)NS(=O)(=O)c2cccc1n2)C(=O)O. The van der Waals surface area contributed by atoms with Gasteiger partial charge < -0.3 is 14.7 Å². The maximum atomic E-state index is 16.1. The van der Waals surface area contributed by atoms with Crippen molar-refractivity contribution >= 4 is 27.6 Å². The Morgan fingerprint density at radius 3 is 2.40 bits per heavy atom. The molecule has 11 nitrogen and oxygen atoms in total. The number of rotatable bonds is 7. The summed E-state index contributed by atoms with van der Waals surface area (Å²) in [6.07, 6.45) is -2.87. The van der Waals surface area contributed by atoms with Gasteiger partial charge in [0.1, 0.15) is 18.2 Å². The van der Waals surface area contributed by atoms with Crippen LogP contribution in [0.5, 0.6) is 5.88 Å². The van der Waals surface area contributed by atoms with Gasteiger partial charge >= 0.3 is 12.1 Å². The van der Waals surface area contributed by atoms with Crippen LogP contribution in [0.15, 0.2) is 71.9 Å². The standard InChI is InChI=1S/C35H39F5N6O5S/c1-32(2,31(47)48)21-45-19-9-5-8-18-34(36,37)24-12-7-6-11-23(24)30-25(46-20-17-28(43-46)51-22-33(3,4)35(38,39)40)15-16-26(41-30)44-52(49,50)29-14-10-13-27(45)42-29/h6-7,10-17,20H,5,8-9,18-19,21-22H2,1-4H3,(H,41,44)(H,47,48). The van der Waals surface area contributed by atoms with Crippen molar-refractivity contribution in [1.82, 2.24) is 19.7 Å². The van der Waals surface area contributed by atoms with E-state index >= 15 is 8.78 Å². The summed E-state index contributed by atoms with van der Waals surface area (Å²) < 4.78 is 109. The Kier molecular flexibility index (Phi) is 10.6. The van der Waals surface area contributed by atoms with Gasteiger partial charge in [0, 0.05) is 42.9 Å². The van der Waals surface area contributed by atoms with Gasteiger partial charge in [-0.15, -0.1) is 5.10 Å². The summed E-state index contributed by atoms with van der Waals surface area (Å²) in [6, 6.07) is 13.9. The molecule has 17 heteroatoms. The molecule has 0 spiro atoms. The minimum atomic E-state index is -4.55. The van der Waals surface area contributed by atoms with Gasteiger partial charge in [0.05, 0.1) is 22.2 Å². The number of carbonyl (C=O) groups is 1. The van der Waals surface area contributed by atoms with Crippen molar-refractivity contribution < 1.29 is 45.0 Å². The van der Waals surface area contributed by atoms with Crippen LogP contribution in [0.2, 0.25) is 0 Å². The Hall–Kier alpha value is -4.80. The number of hydrogen-bond acceptors (Lipinski definition) is 8. The largest absolute Gasteiger partial charge is 0.481 e. The summed E-state index contributed by atoms with van der Waals surface area (Å²) in [5.74, 6) is -4.65. The van der Waals surface area contributed by atoms with Crippen molar-refractivity contribution in [2.75, 3.05) is 29.3 Å². The molecule has 0 aliphatic carbocycles. The highest BCUT2D eigenvalue weighted by Gasteiger charge is 2.48. The number of carboxylic acid groups (broad SMARTS) is 1. The van der Waals surface area contributed by atoms with Crippen LogP contribution in [0.1, 0.15) is 58.9 Å². The predicted molar refractivity (Wildman–Crippen MR) is 183 cm³/mol. The first kappa shape index (κ1) is 38.4. The second-order valence-corrected chi connectivity index (χ2v) is 15.6. The van der Waals surface area contributed by atoms with Gasteiger partial charge in [-0.05, 0) is 64.8 Å². The number of aliphatic carboxylic acids is 1. The molecule has 0 saturated carbocycles. The Labute approximate surface area is 297 Å². The number of fused-ring (bicyclic) bond motifs is 6. The number of aromatic nitrogens is 4. The molecule has 0 unspecified atom stereocenters. The van der Waals surface area contributed by atoms with Gasteiger partial charge in [-0.1, -0.05) is 36.8 Å². The Morgan fingerprint density at radius 2 is 1.69 bits per heavy atom. The monoisotopic (exact) mass is 750 g/mol. The lowest BCUT2D eigenvalue weighted by molar-refractivity contribution is -0.219. The first-order chi connectivity index (χ1) is 24.2. The molecular formula is C35H39F5N6O5S. The number of nitrogens with one attached hydrogen (secondary N) is 1. The first-order valence-corrected chi connectivity index (χ1v) is 17.9. The van der Waals surface area contributed by atoms with Crippen LogP contribution >= 0.6 is 0 Å². The van der Waals surface area contributed by atoms with Crippen LogP contribution < -0.4 is 14.4 Å². The lowest BCUT2D eigenvalue weighted by Gasteiger charge is -2.31. The summed E-state index contributed by atoms with van der Waals surface area (Å²) in [4.78, 5) is 22.4. The number of carboxylic acids is 1. The zero-order chi connectivity index (χ0) is 38.1. The van der Waals surface area contributed by atoms with E-state index in [-0.39, 0.29) is 64.6 Å². The fourth-order valence-electron chi connectivity index (χ4n) is 5.46. The van der Waals surface area contributed by atoms with E-state index in [2.05, 4.69) is 19.8 Å². The molecule has 2 N–H and O–H groups in total. The van der Waals surface area contributed by atoms with Gasteiger partial charge in [-0.3, -0.25) is 9.52 Å². The highest BCUT2D eigenvalue weighted by molar-refractivity contribution is 7.92. The number of alkyl halides is 5. The number of sulfonamides is 1. The third-order valence-corrected chi connectivity index (χ3v) is 10.00. The van der Waals surface area contributed by atoms with Gasteiger partial charge in [-0.25, -0.2) is 23.4 Å². The van der Waals surface area contributed by atoms with E-state index in [9.17, 15) is 31.5 Å². The van der Waals surface area contributed by atoms with E-state index in [1.807, 2.05) is 0 Å². The Balaban J connectivity index is 1.60. The summed E-state index contributed by atoms with van der Waals surface area (Å²) in [5, 5.41) is 13.6. The number of ether oxygens (including phenoxy) is 1. The van der Waals surface area contributed by atoms with E-state index in [1.54, 1.807) is 11.0 Å². The molecule has 1 aliphatic rings. The van der Waals surface area contributed by atoms with Crippen molar-refractivity contribution in [3.63, 3.8) is 0 Å². The molecule has 280 valence electrons. The molecule has 0 saturated heterocycles. The molecule has 0 atom stereocenters. The minimum Gasteiger partial charge on any atom is -0.481 e. The normalized spacial score (nSPS) is 16.7. The third-order valence-electron chi connectivity index (χ3n) is 8.74. The van der Waals surface area contributed by atoms with Crippen molar-refractivity contribution in [2.45, 2.75) is 70.5 Å². The van der Waals surface area contributed by atoms with Crippen LogP contribution in [0.4, 0.5) is 33.6 Å². The highest BCUT2D eigenvalue weighted by atomic mass is 32.2. The number of benzene rings is 1. The molecule has 1 aliphatic heterocycles. The molecule has 52 heavy (non-hydrogen) atoms. The van der Waals surface area contributed by atoms with E-state index in [1.165, 1.54) is 79.3 Å². The second kappa shape index (κ2) is 14.3. The predicted octanol–water partition coefficient (Wildman–Crippen LogP) is 7.68. The van der Waals surface area contributed by atoms with Gasteiger partial charge in [0.25, 0.3) is 15.9 Å². The first-order valence-electron chi connectivity index (χ1n) is 16.4. The number of hydrogen-bond donors (Lipinski definition) is 2. The van der Waals surface area contributed by atoms with Crippen molar-refractivity contribution in [3.05, 3.63) is 72.4 Å². The molecule has 3 aromatic heterocycles. The molecule has 5 rings (SSSR count). The molecule has 0 radical (unpaired) electrons. The molecule has 4 bridgehead atoms. The molecule has 4 aromatic rings. The maximum Gasteiger partial charge on any atom is 0.397 e. The zero-order valence-electron chi connectivity index (χ0n) is 28.9. The van der Waals surface area contributed by atoms with Crippen molar-refractivity contribution in [3.8, 4) is 22.8 Å². The van der Waals surface area contributed by atoms with Gasteiger partial charge in [0.15, 0.2) is 5.03 Å². The second-order valence-electron chi connectivity index (χ2n) is 13.9. The number of pyridine rings is 2. The summed E-state index contributed by atoms with van der Waals surface area (Å²) in [5.41, 5.74) is -3.80. The van der Waals surface area contributed by atoms with Crippen LogP contribution in [0.3, 0.4) is 0 Å². The van der Waals surface area contributed by atoms with Crippen LogP contribution in [-0.4, -0.2) is 65.1 Å². The van der Waals surface area contributed by atoms with E-state index in [0.717, 1.165) is 13.8 Å². The van der Waals surface area contributed by atoms with Crippen LogP contribution in [-0.2, 0) is 20.7 Å². The van der Waals surface area contributed by atoms with E-state index in [0.29, 0.717) is 12.8 Å². The van der Waals surface area contributed by atoms with Crippen molar-refractivity contribution in [1.29, 1.82) is 0 Å². The molecule has 1 aromatic carbocycles. The summed E-state index contributed by atoms with van der Waals surface area (Å²) in [7, 11) is -4.43. The van der Waals surface area contributed by atoms with Gasteiger partial charge in [-0.2, -0.15) is 21.6 Å². The Bertz CT molecular complexity index is 2030. The van der Waals surface area contributed by atoms with E-state index in [4.69, 9.17) is 4.74 Å². The number of nitrogens with zero attached hydrogens (tertiary/aromatic N) is 5. The molecule has 4 heterocycles. The fourth-order valence-corrected chi connectivity index (χ4v) is 6.42. The third kappa shape index (κ3) is 8.45. The smallest absolute Gasteiger partial charge is 0.397 e. The van der Waals surface area contributed by atoms with Crippen LogP contribution in [0, 0.1) is 10.8 Å². The van der Waals surface area contributed by atoms with Gasteiger partial charge in [0.2, 0.25) is 5.88 Å². The quantitative estimate of drug-likeness (QED) is 0.182. The lowest BCUT2D eigenvalue weighted by atomic mass is 9.92. The molecule has 0 fully saturated rings. The zero-order valence-corrected chi connectivity index (χ0v) is 29.7. The minimum absolute atomic E-state index is 0.0220. The summed E-state index contributed by atoms with van der Waals surface area (Å²) >= 11 is 0. The fraction of sp³-hybridized carbons (Fsp3) is 0.429. The number of halogens is 5. The molecule has 0 amide bonds. The maximum absolute atomic E-state index is 16.1. The van der Waals surface area contributed by atoms with Crippen molar-refractivity contribution in [2.24, 2.45) is 10.8 Å². The average molecular weight is 751 g/mol. The van der Waals surface area contributed by atoms with Crippen LogP contribution in [0.25, 0.3) is 16.9 Å². The highest BCUT2D eigenvalue weighted by Crippen LogP contribution is 2.42.